The standard InChI is InChI=1S/C41H55FN6O4Si/c1-27(2)12-10-13-28(3)19-23-48-36-18-17-31(44-39(50)34-16-11-21-43-34)24-33(36)41(40(48)51)29(4)38(53(5,6)42)37(52-41)20-22-47-25-35(45-46-47)32(26-49)30-14-8-7-9-15-30/h7-9,12,14-15,17-19,24-25,29,32,34,37-38,43,49H,10-11,13,16,20-23,26H2,1-6H3,(H,44,50)/b28-19+/t29-,32?,34+,37+,38-,41+/m0/s1. The summed E-state index contributed by atoms with van der Waals surface area (Å²) in [4.78, 5) is 29.8. The highest BCUT2D eigenvalue weighted by Gasteiger charge is 2.66. The molecular weight excluding hydrogens is 688 g/mol. The molecule has 2 amide bonds. The maximum atomic E-state index is 16.5. The average Bonchev–Trinajstić information content (AvgIpc) is 3.91. The van der Waals surface area contributed by atoms with Gasteiger partial charge in [0.2, 0.25) is 14.3 Å². The predicted octanol–water partition coefficient (Wildman–Crippen LogP) is 7.00. The summed E-state index contributed by atoms with van der Waals surface area (Å²) in [6, 6.07) is 15.0. The molecule has 4 heterocycles. The lowest BCUT2D eigenvalue weighted by Crippen LogP contribution is -2.45. The quantitative estimate of drug-likeness (QED) is 0.0925. The van der Waals surface area contributed by atoms with Gasteiger partial charge in [-0.15, -0.1) is 5.10 Å². The Balaban J connectivity index is 1.30. The van der Waals surface area contributed by atoms with Crippen molar-refractivity contribution in [3.8, 4) is 0 Å². The summed E-state index contributed by atoms with van der Waals surface area (Å²) in [7, 11) is -3.41. The molecule has 2 fully saturated rings. The number of carbonyl (C=O) groups excluding carboxylic acids is 2. The van der Waals surface area contributed by atoms with Crippen LogP contribution in [0, 0.1) is 5.92 Å². The summed E-state index contributed by atoms with van der Waals surface area (Å²) < 4.78 is 25.3. The van der Waals surface area contributed by atoms with Crippen LogP contribution in [-0.4, -0.2) is 72.2 Å². The summed E-state index contributed by atoms with van der Waals surface area (Å²) >= 11 is 0. The molecule has 0 bridgehead atoms. The van der Waals surface area contributed by atoms with Gasteiger partial charge in [0.05, 0.1) is 36.1 Å². The van der Waals surface area contributed by atoms with Crippen LogP contribution in [0.15, 0.2) is 78.0 Å². The molecule has 12 heteroatoms. The van der Waals surface area contributed by atoms with Crippen molar-refractivity contribution in [1.29, 1.82) is 0 Å². The lowest BCUT2D eigenvalue weighted by molar-refractivity contribution is -0.145. The Morgan fingerprint density at radius 2 is 1.96 bits per heavy atom. The van der Waals surface area contributed by atoms with Crippen LogP contribution >= 0.6 is 0 Å². The molecule has 3 aromatic rings. The minimum Gasteiger partial charge on any atom is -0.395 e. The highest BCUT2D eigenvalue weighted by molar-refractivity contribution is 6.72. The van der Waals surface area contributed by atoms with Crippen LogP contribution in [0.5, 0.6) is 0 Å². The fourth-order valence-corrected chi connectivity index (χ4v) is 11.1. The molecule has 3 N–H and O–H groups in total. The molecule has 0 radical (unpaired) electrons. The van der Waals surface area contributed by atoms with E-state index in [-0.39, 0.29) is 30.4 Å². The average molecular weight is 743 g/mol. The molecule has 2 aromatic carbocycles. The third-order valence-corrected chi connectivity index (χ3v) is 13.7. The van der Waals surface area contributed by atoms with Crippen LogP contribution in [0.1, 0.15) is 82.5 Å². The number of hydrogen-bond acceptors (Lipinski definition) is 7. The largest absolute Gasteiger partial charge is 0.395 e. The number of halogens is 1. The Hall–Kier alpha value is -3.97. The summed E-state index contributed by atoms with van der Waals surface area (Å²) in [5.41, 5.74) is 4.13. The SMILES string of the molecule is CC(C)=CCC/C(C)=C/CN1C(=O)[C@]2(O[C@H](CCn3cc(C(CO)c4ccccc4)nn3)[C@@H]([Si](C)(C)F)[C@@H]2C)c2cc(NC(=O)[C@H]3CCCN3)ccc21. The van der Waals surface area contributed by atoms with E-state index in [1.54, 1.807) is 22.7 Å². The van der Waals surface area contributed by atoms with E-state index in [1.165, 1.54) is 11.1 Å². The van der Waals surface area contributed by atoms with E-state index in [9.17, 15) is 14.7 Å². The molecular formula is C41H55FN6O4Si. The van der Waals surface area contributed by atoms with Crippen LogP contribution in [-0.2, 0) is 26.5 Å². The Morgan fingerprint density at radius 1 is 1.19 bits per heavy atom. The van der Waals surface area contributed by atoms with Crippen LogP contribution in [0.3, 0.4) is 0 Å². The second-order valence-electron chi connectivity index (χ2n) is 15.8. The molecule has 0 saturated carbocycles. The Morgan fingerprint density at radius 3 is 2.64 bits per heavy atom. The number of carbonyl (C=O) groups is 2. The highest BCUT2D eigenvalue weighted by Crippen LogP contribution is 2.60. The number of ether oxygens (including phenoxy) is 1. The predicted molar refractivity (Wildman–Crippen MR) is 209 cm³/mol. The van der Waals surface area contributed by atoms with Crippen LogP contribution in [0.2, 0.25) is 18.6 Å². The zero-order valence-corrected chi connectivity index (χ0v) is 32.9. The van der Waals surface area contributed by atoms with Gasteiger partial charge in [-0.3, -0.25) is 14.3 Å². The summed E-state index contributed by atoms with van der Waals surface area (Å²) in [6.07, 6.45) is 9.52. The van der Waals surface area contributed by atoms with E-state index in [2.05, 4.69) is 53.9 Å². The van der Waals surface area contributed by atoms with E-state index in [4.69, 9.17) is 4.74 Å². The van der Waals surface area contributed by atoms with Crippen molar-refractivity contribution in [1.82, 2.24) is 20.3 Å². The zero-order valence-electron chi connectivity index (χ0n) is 31.9. The molecule has 284 valence electrons. The normalized spacial score (nSPS) is 24.9. The number of hydrogen-bond donors (Lipinski definition) is 3. The molecule has 10 nitrogen and oxygen atoms in total. The second kappa shape index (κ2) is 16.2. The number of benzene rings is 2. The third-order valence-electron chi connectivity index (χ3n) is 11.3. The first kappa shape index (κ1) is 38.7. The van der Waals surface area contributed by atoms with Crippen molar-refractivity contribution >= 4 is 31.6 Å². The number of anilines is 2. The van der Waals surface area contributed by atoms with Crippen molar-refractivity contribution in [2.75, 3.05) is 29.9 Å². The number of aliphatic hydroxyl groups excluding tert-OH is 1. The molecule has 1 unspecified atom stereocenters. The monoisotopic (exact) mass is 742 g/mol. The first-order valence-electron chi connectivity index (χ1n) is 19.1. The van der Waals surface area contributed by atoms with Gasteiger partial charge in [-0.2, -0.15) is 0 Å². The fraction of sp³-hybridized carbons (Fsp3) is 0.512. The fourth-order valence-electron chi connectivity index (χ4n) is 8.55. The van der Waals surface area contributed by atoms with Gasteiger partial charge >= 0.3 is 0 Å². The Labute approximate surface area is 314 Å². The van der Waals surface area contributed by atoms with Gasteiger partial charge in [-0.05, 0) is 96.3 Å². The summed E-state index contributed by atoms with van der Waals surface area (Å²) in [5.74, 6) is -1.09. The van der Waals surface area contributed by atoms with Gasteiger partial charge < -0.3 is 29.5 Å². The molecule has 6 rings (SSSR count). The topological polar surface area (TPSA) is 122 Å². The number of fused-ring (bicyclic) bond motifs is 2. The van der Waals surface area contributed by atoms with Gasteiger partial charge in [0.25, 0.3) is 5.91 Å². The smallest absolute Gasteiger partial charge is 0.264 e. The van der Waals surface area contributed by atoms with Gasteiger partial charge in [-0.1, -0.05) is 65.8 Å². The Kier molecular flexibility index (Phi) is 11.8. The van der Waals surface area contributed by atoms with E-state index >= 15 is 4.11 Å². The first-order valence-corrected chi connectivity index (χ1v) is 22.0. The highest BCUT2D eigenvalue weighted by atomic mass is 28.4. The van der Waals surface area contributed by atoms with Gasteiger partial charge in [0, 0.05) is 42.0 Å². The van der Waals surface area contributed by atoms with Crippen LogP contribution in [0.25, 0.3) is 0 Å². The van der Waals surface area contributed by atoms with Gasteiger partial charge in [0.1, 0.15) is 0 Å². The molecule has 0 aliphatic carbocycles. The summed E-state index contributed by atoms with van der Waals surface area (Å²) in [5, 5.41) is 25.2. The van der Waals surface area contributed by atoms with E-state index in [1.807, 2.05) is 61.7 Å². The molecule has 3 aliphatic rings. The number of nitrogens with zero attached hydrogens (tertiary/aromatic N) is 4. The van der Waals surface area contributed by atoms with Crippen molar-refractivity contribution in [3.63, 3.8) is 0 Å². The van der Waals surface area contributed by atoms with Crippen molar-refractivity contribution in [2.45, 2.75) is 109 Å². The van der Waals surface area contributed by atoms with Crippen molar-refractivity contribution < 1.29 is 23.5 Å². The number of aryl methyl sites for hydroxylation is 1. The Bertz CT molecular complexity index is 1830. The van der Waals surface area contributed by atoms with Crippen molar-refractivity contribution in [3.05, 3.63) is 94.8 Å². The lowest BCUT2D eigenvalue weighted by Gasteiger charge is -2.31. The minimum absolute atomic E-state index is 0.107. The van der Waals surface area contributed by atoms with Crippen LogP contribution < -0.4 is 15.5 Å². The number of amides is 2. The lowest BCUT2D eigenvalue weighted by atomic mass is 9.82. The number of nitrogens with one attached hydrogen (secondary N) is 2. The third kappa shape index (κ3) is 8.11. The molecule has 1 aromatic heterocycles. The number of rotatable bonds is 14. The maximum absolute atomic E-state index is 16.5. The van der Waals surface area contributed by atoms with Gasteiger partial charge in [0.15, 0.2) is 5.60 Å². The van der Waals surface area contributed by atoms with E-state index in [0.29, 0.717) is 36.5 Å². The number of aromatic nitrogens is 3. The number of allylic oxidation sites excluding steroid dienone is 3. The zero-order chi connectivity index (χ0) is 37.9. The molecule has 1 spiro atoms. The van der Waals surface area contributed by atoms with Crippen molar-refractivity contribution in [2.24, 2.45) is 5.92 Å². The van der Waals surface area contributed by atoms with Crippen LogP contribution in [0.4, 0.5) is 15.5 Å². The van der Waals surface area contributed by atoms with Gasteiger partial charge in [-0.25, -0.2) is 0 Å². The maximum Gasteiger partial charge on any atom is 0.264 e. The van der Waals surface area contributed by atoms with E-state index < -0.39 is 31.6 Å². The van der Waals surface area contributed by atoms with E-state index in [0.717, 1.165) is 43.5 Å². The number of aliphatic hydroxyl groups is 1. The summed E-state index contributed by atoms with van der Waals surface area (Å²) in [6.45, 7) is 13.1. The molecule has 3 aliphatic heterocycles. The minimum atomic E-state index is -3.41. The first-order chi connectivity index (χ1) is 25.3. The molecule has 6 atom stereocenters. The molecule has 2 saturated heterocycles. The molecule has 53 heavy (non-hydrogen) atoms. The second-order valence-corrected chi connectivity index (χ2v) is 19.6.